The lowest BCUT2D eigenvalue weighted by Gasteiger charge is -2.08. The molecule has 2 nitrogen and oxygen atoms in total. The summed E-state index contributed by atoms with van der Waals surface area (Å²) in [7, 11) is 0. The molecule has 0 aromatic heterocycles. The van der Waals surface area contributed by atoms with Crippen LogP contribution in [0.5, 0.6) is 0 Å². The molecule has 0 bridgehead atoms. The summed E-state index contributed by atoms with van der Waals surface area (Å²) in [5, 5.41) is 0. The van der Waals surface area contributed by atoms with Crippen LogP contribution in [0, 0.1) is 0 Å². The highest BCUT2D eigenvalue weighted by Gasteiger charge is 2.09. The predicted octanol–water partition coefficient (Wildman–Crippen LogP) is 1.99. The summed E-state index contributed by atoms with van der Waals surface area (Å²) in [6.07, 6.45) is 6.47. The van der Waals surface area contributed by atoms with Crippen LogP contribution in [-0.4, -0.2) is 12.6 Å². The van der Waals surface area contributed by atoms with E-state index in [0.717, 1.165) is 5.57 Å². The minimum Gasteiger partial charge on any atom is -0.463 e. The summed E-state index contributed by atoms with van der Waals surface area (Å²) in [6, 6.07) is 0. The third kappa shape index (κ3) is 2.09. The van der Waals surface area contributed by atoms with E-state index in [2.05, 4.69) is 6.58 Å². The van der Waals surface area contributed by atoms with Crippen molar-refractivity contribution < 1.29 is 9.53 Å². The molecule has 1 aliphatic carbocycles. The van der Waals surface area contributed by atoms with Crippen LogP contribution in [0.4, 0.5) is 0 Å². The molecular weight excluding hydrogens is 152 g/mol. The highest BCUT2D eigenvalue weighted by Crippen LogP contribution is 2.17. The van der Waals surface area contributed by atoms with Gasteiger partial charge in [-0.05, 0) is 12.5 Å². The highest BCUT2D eigenvalue weighted by atomic mass is 16.5. The zero-order valence-corrected chi connectivity index (χ0v) is 7.17. The van der Waals surface area contributed by atoms with Crippen LogP contribution in [0.1, 0.15) is 13.3 Å². The van der Waals surface area contributed by atoms with Gasteiger partial charge in [0.2, 0.25) is 0 Å². The lowest BCUT2D eigenvalue weighted by Crippen LogP contribution is -2.07. The number of allylic oxidation sites excluding steroid dienone is 4. The van der Waals surface area contributed by atoms with Crippen LogP contribution >= 0.6 is 0 Å². The van der Waals surface area contributed by atoms with Gasteiger partial charge >= 0.3 is 5.97 Å². The molecule has 0 spiro atoms. The molecule has 0 amide bonds. The highest BCUT2D eigenvalue weighted by molar-refractivity contribution is 5.88. The van der Waals surface area contributed by atoms with Gasteiger partial charge in [0.15, 0.2) is 0 Å². The van der Waals surface area contributed by atoms with Crippen LogP contribution in [0.3, 0.4) is 0 Å². The van der Waals surface area contributed by atoms with Gasteiger partial charge in [-0.25, -0.2) is 4.79 Å². The molecule has 0 unspecified atom stereocenters. The van der Waals surface area contributed by atoms with Crippen molar-refractivity contribution in [3.63, 3.8) is 0 Å². The molecule has 0 fully saturated rings. The van der Waals surface area contributed by atoms with Gasteiger partial charge in [0.25, 0.3) is 0 Å². The van der Waals surface area contributed by atoms with E-state index >= 15 is 0 Å². The van der Waals surface area contributed by atoms with Crippen LogP contribution in [0.25, 0.3) is 0 Å². The van der Waals surface area contributed by atoms with E-state index in [1.165, 1.54) is 0 Å². The van der Waals surface area contributed by atoms with E-state index in [4.69, 9.17) is 4.74 Å². The van der Waals surface area contributed by atoms with Crippen LogP contribution in [0.15, 0.2) is 36.0 Å². The second-order valence-corrected chi connectivity index (χ2v) is 2.60. The number of ether oxygens (including phenoxy) is 1. The van der Waals surface area contributed by atoms with Crippen molar-refractivity contribution in [2.45, 2.75) is 13.3 Å². The van der Waals surface area contributed by atoms with E-state index in [9.17, 15) is 4.79 Å². The van der Waals surface area contributed by atoms with Gasteiger partial charge in [0, 0.05) is 12.0 Å². The molecule has 1 aliphatic rings. The van der Waals surface area contributed by atoms with E-state index in [0.29, 0.717) is 18.6 Å². The lowest BCUT2D eigenvalue weighted by molar-refractivity contribution is -0.138. The first kappa shape index (κ1) is 8.78. The summed E-state index contributed by atoms with van der Waals surface area (Å²) >= 11 is 0. The fourth-order valence-electron chi connectivity index (χ4n) is 0.902. The normalized spacial score (nSPS) is 13.2. The van der Waals surface area contributed by atoms with Gasteiger partial charge in [-0.3, -0.25) is 0 Å². The van der Waals surface area contributed by atoms with Crippen molar-refractivity contribution in [2.75, 3.05) is 6.61 Å². The molecule has 0 atom stereocenters. The Balaban J connectivity index is 2.32. The largest absolute Gasteiger partial charge is 0.463 e. The van der Waals surface area contributed by atoms with E-state index in [1.54, 1.807) is 6.92 Å². The number of hydrogen-bond acceptors (Lipinski definition) is 2. The number of carbonyl (C=O) groups is 1. The topological polar surface area (TPSA) is 26.3 Å². The monoisotopic (exact) mass is 164 g/mol. The lowest BCUT2D eigenvalue weighted by atomic mass is 10.0. The Bertz CT molecular complexity index is 259. The Kier molecular flexibility index (Phi) is 2.86. The molecule has 2 heteroatoms. The number of hydrogen-bond donors (Lipinski definition) is 0. The molecule has 0 saturated heterocycles. The average Bonchev–Trinajstić information content (AvgIpc) is 1.97. The van der Waals surface area contributed by atoms with Gasteiger partial charge in [-0.15, -0.1) is 0 Å². The predicted molar refractivity (Wildman–Crippen MR) is 47.6 cm³/mol. The summed E-state index contributed by atoms with van der Waals surface area (Å²) < 4.78 is 4.78. The summed E-state index contributed by atoms with van der Waals surface area (Å²) in [5.74, 6) is -0.293. The Labute approximate surface area is 72.2 Å². The maximum absolute atomic E-state index is 11.0. The zero-order chi connectivity index (χ0) is 8.97. The number of rotatable bonds is 4. The molecule has 0 radical (unpaired) electrons. The number of esters is 1. The maximum atomic E-state index is 11.0. The Morgan fingerprint density at radius 2 is 2.33 bits per heavy atom. The standard InChI is InChI=1S/C10H12O2/c1-3-12-10(11)8(2)7-9-5-4-6-9/h4-6H,2-3,7H2,1H3. The molecule has 64 valence electrons. The Hall–Kier alpha value is -1.31. The quantitative estimate of drug-likeness (QED) is 0.469. The summed E-state index contributed by atoms with van der Waals surface area (Å²) in [4.78, 5) is 11.0. The van der Waals surface area contributed by atoms with Crippen LogP contribution in [-0.2, 0) is 9.53 Å². The van der Waals surface area contributed by atoms with Gasteiger partial charge in [0.05, 0.1) is 6.61 Å². The molecular formula is C10H12O2. The molecule has 1 rings (SSSR count). The SMILES string of the molecule is C=C(CC1=CC=C1)C(=O)OCC. The van der Waals surface area contributed by atoms with E-state index < -0.39 is 0 Å². The van der Waals surface area contributed by atoms with Crippen LogP contribution < -0.4 is 0 Å². The fraction of sp³-hybridized carbons (Fsp3) is 0.300. The number of carbonyl (C=O) groups excluding carboxylic acids is 1. The van der Waals surface area contributed by atoms with Crippen molar-refractivity contribution in [3.05, 3.63) is 36.0 Å². The zero-order valence-electron chi connectivity index (χ0n) is 7.17. The first-order valence-electron chi connectivity index (χ1n) is 3.96. The van der Waals surface area contributed by atoms with E-state index in [1.807, 2.05) is 18.2 Å². The maximum Gasteiger partial charge on any atom is 0.333 e. The average molecular weight is 164 g/mol. The van der Waals surface area contributed by atoms with Crippen LogP contribution in [0.2, 0.25) is 0 Å². The van der Waals surface area contributed by atoms with Gasteiger partial charge in [-0.1, -0.05) is 24.8 Å². The molecule has 0 N–H and O–H groups in total. The second-order valence-electron chi connectivity index (χ2n) is 2.60. The molecule has 0 aliphatic heterocycles. The van der Waals surface area contributed by atoms with Gasteiger partial charge in [0.1, 0.15) is 0 Å². The first-order valence-corrected chi connectivity index (χ1v) is 3.96. The molecule has 0 aromatic rings. The first-order chi connectivity index (χ1) is 5.74. The van der Waals surface area contributed by atoms with Crippen molar-refractivity contribution in [2.24, 2.45) is 0 Å². The van der Waals surface area contributed by atoms with Crippen molar-refractivity contribution >= 4 is 5.97 Å². The summed E-state index contributed by atoms with van der Waals surface area (Å²) in [6.45, 7) is 5.84. The van der Waals surface area contributed by atoms with Gasteiger partial charge < -0.3 is 4.74 Å². The minimum atomic E-state index is -0.293. The third-order valence-electron chi connectivity index (χ3n) is 1.60. The third-order valence-corrected chi connectivity index (χ3v) is 1.60. The fourth-order valence-corrected chi connectivity index (χ4v) is 0.902. The summed E-state index contributed by atoms with van der Waals surface area (Å²) in [5.41, 5.74) is 1.65. The van der Waals surface area contributed by atoms with E-state index in [-0.39, 0.29) is 5.97 Å². The van der Waals surface area contributed by atoms with Gasteiger partial charge in [-0.2, -0.15) is 0 Å². The molecule has 12 heavy (non-hydrogen) atoms. The second kappa shape index (κ2) is 3.90. The Morgan fingerprint density at radius 3 is 2.75 bits per heavy atom. The molecule has 0 saturated carbocycles. The Morgan fingerprint density at radius 1 is 1.67 bits per heavy atom. The van der Waals surface area contributed by atoms with Crippen molar-refractivity contribution in [3.8, 4) is 0 Å². The molecule has 0 heterocycles. The van der Waals surface area contributed by atoms with Crippen molar-refractivity contribution in [1.82, 2.24) is 0 Å². The smallest absolute Gasteiger partial charge is 0.333 e. The minimum absolute atomic E-state index is 0.293. The molecule has 0 aromatic carbocycles. The van der Waals surface area contributed by atoms with Crippen molar-refractivity contribution in [1.29, 1.82) is 0 Å².